The van der Waals surface area contributed by atoms with Crippen molar-refractivity contribution in [3.8, 4) is 11.5 Å². The van der Waals surface area contributed by atoms with Gasteiger partial charge in [-0.15, -0.1) is 24.0 Å². The predicted molar refractivity (Wildman–Crippen MR) is 130 cm³/mol. The molecule has 0 aliphatic carbocycles. The third-order valence-corrected chi connectivity index (χ3v) is 4.06. The molecule has 7 heteroatoms. The number of nitrogens with zero attached hydrogens (tertiary/aromatic N) is 2. The lowest BCUT2D eigenvalue weighted by Gasteiger charge is -2.11. The van der Waals surface area contributed by atoms with Crippen molar-refractivity contribution in [3.05, 3.63) is 72.6 Å². The summed E-state index contributed by atoms with van der Waals surface area (Å²) in [7, 11) is 0. The maximum atomic E-state index is 5.57. The van der Waals surface area contributed by atoms with Crippen molar-refractivity contribution >= 4 is 35.6 Å². The first-order chi connectivity index (χ1) is 13.8. The smallest absolute Gasteiger partial charge is 0.226 e. The Morgan fingerprint density at radius 3 is 2.41 bits per heavy atom. The van der Waals surface area contributed by atoms with E-state index in [0.29, 0.717) is 12.4 Å². The zero-order chi connectivity index (χ0) is 19.4. The first-order valence-electron chi connectivity index (χ1n) is 9.66. The molecule has 6 nitrogen and oxygen atoms in total. The van der Waals surface area contributed by atoms with Crippen LogP contribution in [0.5, 0.6) is 0 Å². The molecule has 0 atom stereocenters. The Morgan fingerprint density at radius 2 is 1.69 bits per heavy atom. The summed E-state index contributed by atoms with van der Waals surface area (Å²) in [5, 5.41) is 10.0. The fourth-order valence-electron chi connectivity index (χ4n) is 2.68. The molecule has 0 bridgehead atoms. The second kappa shape index (κ2) is 12.8. The van der Waals surface area contributed by atoms with Gasteiger partial charge in [0.25, 0.3) is 0 Å². The van der Waals surface area contributed by atoms with Gasteiger partial charge < -0.3 is 20.4 Å². The molecule has 0 saturated heterocycles. The van der Waals surface area contributed by atoms with Gasteiger partial charge in [-0.2, -0.15) is 0 Å². The maximum absolute atomic E-state index is 5.57. The molecule has 0 aliphatic heterocycles. The number of oxazole rings is 1. The quantitative estimate of drug-likeness (QED) is 0.173. The normalized spacial score (nSPS) is 10.9. The Bertz CT molecular complexity index is 852. The van der Waals surface area contributed by atoms with Crippen LogP contribution >= 0.6 is 24.0 Å². The van der Waals surface area contributed by atoms with Gasteiger partial charge in [0.15, 0.2) is 5.96 Å². The van der Waals surface area contributed by atoms with Gasteiger partial charge in [-0.05, 0) is 37.6 Å². The predicted octanol–water partition coefficient (Wildman–Crippen LogP) is 4.52. The molecule has 0 spiro atoms. The van der Waals surface area contributed by atoms with Crippen LogP contribution < -0.4 is 16.0 Å². The molecule has 3 aromatic rings. The van der Waals surface area contributed by atoms with Crippen LogP contribution in [0.3, 0.4) is 0 Å². The maximum Gasteiger partial charge on any atom is 0.226 e. The van der Waals surface area contributed by atoms with Gasteiger partial charge in [0.1, 0.15) is 12.0 Å². The minimum Gasteiger partial charge on any atom is -0.444 e. The van der Waals surface area contributed by atoms with E-state index in [4.69, 9.17) is 4.42 Å². The fourth-order valence-corrected chi connectivity index (χ4v) is 2.68. The summed E-state index contributed by atoms with van der Waals surface area (Å²) >= 11 is 0. The minimum absolute atomic E-state index is 0. The van der Waals surface area contributed by atoms with Crippen molar-refractivity contribution in [2.24, 2.45) is 4.99 Å². The van der Waals surface area contributed by atoms with Crippen molar-refractivity contribution in [3.63, 3.8) is 0 Å². The highest BCUT2D eigenvalue weighted by molar-refractivity contribution is 14.0. The molecular formula is C22H28IN5O. The van der Waals surface area contributed by atoms with Gasteiger partial charge in [-0.25, -0.2) is 9.98 Å². The minimum atomic E-state index is 0. The van der Waals surface area contributed by atoms with E-state index in [1.54, 1.807) is 6.26 Å². The molecule has 0 unspecified atom stereocenters. The van der Waals surface area contributed by atoms with Crippen LogP contribution in [0.2, 0.25) is 0 Å². The molecule has 0 fully saturated rings. The number of benzene rings is 2. The zero-order valence-electron chi connectivity index (χ0n) is 16.6. The van der Waals surface area contributed by atoms with Gasteiger partial charge in [0.2, 0.25) is 5.89 Å². The van der Waals surface area contributed by atoms with Crippen LogP contribution in [0, 0.1) is 0 Å². The molecule has 29 heavy (non-hydrogen) atoms. The third-order valence-electron chi connectivity index (χ3n) is 4.06. The second-order valence-electron chi connectivity index (χ2n) is 6.28. The van der Waals surface area contributed by atoms with Crippen molar-refractivity contribution in [1.29, 1.82) is 0 Å². The van der Waals surface area contributed by atoms with Gasteiger partial charge in [-0.1, -0.05) is 36.4 Å². The number of hydrogen-bond acceptors (Lipinski definition) is 4. The number of nitrogens with one attached hydrogen (secondary N) is 3. The van der Waals surface area contributed by atoms with Crippen LogP contribution in [-0.4, -0.2) is 30.6 Å². The van der Waals surface area contributed by atoms with E-state index in [0.717, 1.165) is 49.0 Å². The SMILES string of the molecule is CCNC(=NCc1coc(-c2ccccc2)n1)NCCCNc1ccccc1.I. The number of rotatable bonds is 9. The molecule has 3 N–H and O–H groups in total. The summed E-state index contributed by atoms with van der Waals surface area (Å²) in [5.41, 5.74) is 2.92. The van der Waals surface area contributed by atoms with Crippen LogP contribution in [0.1, 0.15) is 19.0 Å². The first-order valence-corrected chi connectivity index (χ1v) is 9.66. The number of anilines is 1. The summed E-state index contributed by atoms with van der Waals surface area (Å²) in [6.07, 6.45) is 2.65. The second-order valence-corrected chi connectivity index (χ2v) is 6.28. The van der Waals surface area contributed by atoms with Crippen LogP contribution in [0.15, 0.2) is 76.3 Å². The number of halogens is 1. The summed E-state index contributed by atoms with van der Waals surface area (Å²) < 4.78 is 5.57. The van der Waals surface area contributed by atoms with Crippen molar-refractivity contribution in [2.75, 3.05) is 25.0 Å². The summed E-state index contributed by atoms with van der Waals surface area (Å²) in [6.45, 7) is 5.06. The highest BCUT2D eigenvalue weighted by Crippen LogP contribution is 2.18. The fraction of sp³-hybridized carbons (Fsp3) is 0.273. The molecule has 1 heterocycles. The van der Waals surface area contributed by atoms with Crippen LogP contribution in [0.4, 0.5) is 5.69 Å². The molecular weight excluding hydrogens is 477 g/mol. The summed E-state index contributed by atoms with van der Waals surface area (Å²) in [4.78, 5) is 9.11. The Balaban J connectivity index is 0.00000300. The van der Waals surface area contributed by atoms with E-state index in [-0.39, 0.29) is 24.0 Å². The highest BCUT2D eigenvalue weighted by atomic mass is 127. The van der Waals surface area contributed by atoms with E-state index in [1.807, 2.05) is 48.5 Å². The number of hydrogen-bond donors (Lipinski definition) is 3. The van der Waals surface area contributed by atoms with Crippen LogP contribution in [0.25, 0.3) is 11.5 Å². The topological polar surface area (TPSA) is 74.5 Å². The zero-order valence-corrected chi connectivity index (χ0v) is 18.9. The lowest BCUT2D eigenvalue weighted by Crippen LogP contribution is -2.38. The first kappa shape index (κ1) is 22.7. The van der Waals surface area contributed by atoms with E-state index >= 15 is 0 Å². The molecule has 0 aliphatic rings. The Kier molecular flexibility index (Phi) is 10.1. The molecule has 2 aromatic carbocycles. The average molecular weight is 505 g/mol. The number of guanidine groups is 1. The van der Waals surface area contributed by atoms with E-state index in [1.165, 1.54) is 0 Å². The highest BCUT2D eigenvalue weighted by Gasteiger charge is 2.06. The van der Waals surface area contributed by atoms with Gasteiger partial charge >= 0.3 is 0 Å². The van der Waals surface area contributed by atoms with Crippen molar-refractivity contribution < 1.29 is 4.42 Å². The lowest BCUT2D eigenvalue weighted by atomic mass is 10.2. The van der Waals surface area contributed by atoms with Crippen LogP contribution in [-0.2, 0) is 6.54 Å². The average Bonchev–Trinajstić information content (AvgIpc) is 3.22. The van der Waals surface area contributed by atoms with E-state index < -0.39 is 0 Å². The number of aliphatic imine (C=N–C) groups is 1. The van der Waals surface area contributed by atoms with Gasteiger partial charge in [0, 0.05) is 30.9 Å². The Hall–Kier alpha value is -2.55. The number of para-hydroxylation sites is 1. The monoisotopic (exact) mass is 505 g/mol. The number of aromatic nitrogens is 1. The third kappa shape index (κ3) is 7.77. The Labute approximate surface area is 189 Å². The molecule has 3 rings (SSSR count). The summed E-state index contributed by atoms with van der Waals surface area (Å²) in [5.74, 6) is 1.40. The van der Waals surface area contributed by atoms with E-state index in [2.05, 4.69) is 45.0 Å². The molecule has 0 amide bonds. The standard InChI is InChI=1S/C22H27N5O.HI/c1-2-23-22(25-15-9-14-24-19-12-7-4-8-13-19)26-16-20-17-28-21(27-20)18-10-5-3-6-11-18;/h3-8,10-13,17,24H,2,9,14-16H2,1H3,(H2,23,25,26);1H. The van der Waals surface area contributed by atoms with Gasteiger partial charge in [-0.3, -0.25) is 0 Å². The molecule has 154 valence electrons. The summed E-state index contributed by atoms with van der Waals surface area (Å²) in [6, 6.07) is 20.1. The largest absolute Gasteiger partial charge is 0.444 e. The Morgan fingerprint density at radius 1 is 0.966 bits per heavy atom. The van der Waals surface area contributed by atoms with Crippen molar-refractivity contribution in [2.45, 2.75) is 19.9 Å². The van der Waals surface area contributed by atoms with E-state index in [9.17, 15) is 0 Å². The lowest BCUT2D eigenvalue weighted by molar-refractivity contribution is 0.572. The van der Waals surface area contributed by atoms with Gasteiger partial charge in [0.05, 0.1) is 6.54 Å². The van der Waals surface area contributed by atoms with Crippen molar-refractivity contribution in [1.82, 2.24) is 15.6 Å². The molecule has 1 aromatic heterocycles. The molecule has 0 radical (unpaired) electrons. The molecule has 0 saturated carbocycles.